The van der Waals surface area contributed by atoms with Gasteiger partial charge in [-0.2, -0.15) is 0 Å². The number of hydrogen-bond acceptors (Lipinski definition) is 4. The maximum Gasteiger partial charge on any atom is 0.226 e. The molecule has 6 heteroatoms. The van der Waals surface area contributed by atoms with E-state index >= 15 is 0 Å². The molecule has 6 nitrogen and oxygen atoms in total. The van der Waals surface area contributed by atoms with E-state index in [4.69, 9.17) is 0 Å². The molecule has 0 aliphatic heterocycles. The first-order valence-electron chi connectivity index (χ1n) is 11.2. The second-order valence-corrected chi connectivity index (χ2v) is 9.90. The van der Waals surface area contributed by atoms with Gasteiger partial charge in [0.05, 0.1) is 6.04 Å². The second-order valence-electron chi connectivity index (χ2n) is 9.90. The van der Waals surface area contributed by atoms with Gasteiger partial charge in [-0.15, -0.1) is 10.2 Å². The third kappa shape index (κ3) is 5.91. The Kier molecular flexibility index (Phi) is 6.96. The summed E-state index contributed by atoms with van der Waals surface area (Å²) in [7, 11) is 1.89. The van der Waals surface area contributed by atoms with Crippen LogP contribution in [0.25, 0.3) is 0 Å². The van der Waals surface area contributed by atoms with Crippen LogP contribution in [-0.4, -0.2) is 27.7 Å². The summed E-state index contributed by atoms with van der Waals surface area (Å²) < 4.78 is 2.30. The Labute approximate surface area is 180 Å². The first-order valence-corrected chi connectivity index (χ1v) is 11.2. The van der Waals surface area contributed by atoms with Gasteiger partial charge in [-0.1, -0.05) is 38.5 Å². The van der Waals surface area contributed by atoms with E-state index in [1.165, 1.54) is 18.4 Å². The Morgan fingerprint density at radius 3 is 2.57 bits per heavy atom. The maximum atomic E-state index is 12.8. The van der Waals surface area contributed by atoms with Crippen LogP contribution < -0.4 is 10.6 Å². The summed E-state index contributed by atoms with van der Waals surface area (Å²) >= 11 is 0. The van der Waals surface area contributed by atoms with E-state index in [1.54, 1.807) is 0 Å². The highest BCUT2D eigenvalue weighted by Crippen LogP contribution is 2.38. The molecule has 0 radical (unpaired) electrons. The van der Waals surface area contributed by atoms with Gasteiger partial charge in [0.15, 0.2) is 5.82 Å². The normalized spacial score (nSPS) is 15.3. The fraction of sp³-hybridized carbons (Fsp3) is 0.625. The van der Waals surface area contributed by atoms with Crippen molar-refractivity contribution in [3.05, 3.63) is 41.0 Å². The first-order chi connectivity index (χ1) is 14.2. The topological polar surface area (TPSA) is 71.8 Å². The van der Waals surface area contributed by atoms with Crippen LogP contribution in [0.5, 0.6) is 0 Å². The lowest BCUT2D eigenvalue weighted by molar-refractivity contribution is -0.116. The van der Waals surface area contributed by atoms with Crippen molar-refractivity contribution in [3.8, 4) is 0 Å². The second kappa shape index (κ2) is 9.29. The van der Waals surface area contributed by atoms with E-state index in [2.05, 4.69) is 59.2 Å². The molecule has 164 valence electrons. The fourth-order valence-corrected chi connectivity index (χ4v) is 3.92. The van der Waals surface area contributed by atoms with Crippen molar-refractivity contribution in [2.75, 3.05) is 12.4 Å². The third-order valence-corrected chi connectivity index (χ3v) is 5.74. The molecule has 2 aromatic rings. The van der Waals surface area contributed by atoms with Gasteiger partial charge in [-0.05, 0) is 63.6 Å². The van der Waals surface area contributed by atoms with Gasteiger partial charge in [0.1, 0.15) is 5.82 Å². The van der Waals surface area contributed by atoms with E-state index in [0.29, 0.717) is 17.9 Å². The zero-order chi connectivity index (χ0) is 21.9. The minimum Gasteiger partial charge on any atom is -0.326 e. The number of hydrogen-bond donors (Lipinski definition) is 2. The Hall–Kier alpha value is -2.21. The quantitative estimate of drug-likeness (QED) is 0.616. The van der Waals surface area contributed by atoms with Crippen LogP contribution in [-0.2, 0) is 11.2 Å². The van der Waals surface area contributed by atoms with E-state index in [-0.39, 0.29) is 11.9 Å². The lowest BCUT2D eigenvalue weighted by Crippen LogP contribution is -2.27. The molecule has 0 unspecified atom stereocenters. The summed E-state index contributed by atoms with van der Waals surface area (Å²) in [6, 6.07) is 6.40. The highest BCUT2D eigenvalue weighted by Gasteiger charge is 2.32. The highest BCUT2D eigenvalue weighted by molar-refractivity contribution is 5.91. The molecule has 1 aromatic heterocycles. The number of nitrogens with zero attached hydrogens (tertiary/aromatic N) is 3. The largest absolute Gasteiger partial charge is 0.326 e. The fourth-order valence-electron chi connectivity index (χ4n) is 3.92. The molecule has 1 fully saturated rings. The number of anilines is 1. The monoisotopic (exact) mass is 411 g/mol. The van der Waals surface area contributed by atoms with Crippen molar-refractivity contribution in [2.24, 2.45) is 5.41 Å². The number of amides is 1. The summed E-state index contributed by atoms with van der Waals surface area (Å²) in [6.07, 6.45) is 5.87. The highest BCUT2D eigenvalue weighted by atomic mass is 16.1. The van der Waals surface area contributed by atoms with E-state index < -0.39 is 0 Å². The average Bonchev–Trinajstić information content (AvgIpc) is 3.41. The molecule has 0 saturated heterocycles. The summed E-state index contributed by atoms with van der Waals surface area (Å²) in [4.78, 5) is 12.8. The SMILES string of the molecule is CN[C@@H](CC(=O)Nc1ccc(C)cc1C)c1nnc(CCCC(C)(C)C)n1C1CC1. The zero-order valence-corrected chi connectivity index (χ0v) is 19.4. The number of rotatable bonds is 9. The summed E-state index contributed by atoms with van der Waals surface area (Å²) in [6.45, 7) is 10.9. The molecular formula is C24H37N5O. The standard InChI is InChI=1S/C24H37N5O/c1-16-9-12-19(17(2)14-16)26-22(30)15-20(25-6)23-28-27-21(29(23)18-10-11-18)8-7-13-24(3,4)5/h9,12,14,18,20,25H,7-8,10-11,13,15H2,1-6H3,(H,26,30)/t20-/m0/s1. The Balaban J connectivity index is 1.70. The van der Waals surface area contributed by atoms with Gasteiger partial charge in [-0.25, -0.2) is 0 Å². The maximum absolute atomic E-state index is 12.8. The smallest absolute Gasteiger partial charge is 0.226 e. The van der Waals surface area contributed by atoms with Crippen LogP contribution in [0.3, 0.4) is 0 Å². The average molecular weight is 412 g/mol. The molecule has 1 aromatic carbocycles. The Bertz CT molecular complexity index is 876. The predicted octanol–water partition coefficient (Wildman–Crippen LogP) is 4.89. The first kappa shape index (κ1) is 22.5. The van der Waals surface area contributed by atoms with Crippen molar-refractivity contribution in [1.82, 2.24) is 20.1 Å². The van der Waals surface area contributed by atoms with Crippen LogP contribution in [0.15, 0.2) is 18.2 Å². The van der Waals surface area contributed by atoms with E-state index in [1.807, 2.05) is 26.1 Å². The van der Waals surface area contributed by atoms with Crippen molar-refractivity contribution in [2.45, 2.75) is 85.2 Å². The van der Waals surface area contributed by atoms with Gasteiger partial charge in [0.2, 0.25) is 5.91 Å². The van der Waals surface area contributed by atoms with Crippen LogP contribution in [0, 0.1) is 19.3 Å². The van der Waals surface area contributed by atoms with Crippen molar-refractivity contribution < 1.29 is 4.79 Å². The number of carbonyl (C=O) groups excluding carboxylic acids is 1. The van der Waals surface area contributed by atoms with Gasteiger partial charge >= 0.3 is 0 Å². The number of nitrogens with one attached hydrogen (secondary N) is 2. The molecule has 1 aliphatic carbocycles. The lowest BCUT2D eigenvalue weighted by atomic mass is 9.90. The van der Waals surface area contributed by atoms with Crippen LogP contribution in [0.4, 0.5) is 5.69 Å². The predicted molar refractivity (Wildman–Crippen MR) is 122 cm³/mol. The lowest BCUT2D eigenvalue weighted by Gasteiger charge is -2.19. The summed E-state index contributed by atoms with van der Waals surface area (Å²) in [5.41, 5.74) is 3.46. The molecular weight excluding hydrogens is 374 g/mol. The van der Waals surface area contributed by atoms with Crippen LogP contribution in [0.2, 0.25) is 0 Å². The number of benzene rings is 1. The molecule has 3 rings (SSSR count). The third-order valence-electron chi connectivity index (χ3n) is 5.74. The molecule has 2 N–H and O–H groups in total. The van der Waals surface area contributed by atoms with Crippen LogP contribution in [0.1, 0.15) is 87.7 Å². The van der Waals surface area contributed by atoms with Gasteiger partial charge < -0.3 is 15.2 Å². The number of aryl methyl sites for hydroxylation is 3. The van der Waals surface area contributed by atoms with Gasteiger partial charge in [0.25, 0.3) is 0 Å². The molecule has 1 aliphatic rings. The molecule has 1 amide bonds. The van der Waals surface area contributed by atoms with Crippen molar-refractivity contribution >= 4 is 11.6 Å². The minimum atomic E-state index is -0.153. The molecule has 30 heavy (non-hydrogen) atoms. The number of carbonyl (C=O) groups is 1. The van der Waals surface area contributed by atoms with E-state index in [0.717, 1.165) is 42.2 Å². The van der Waals surface area contributed by atoms with E-state index in [9.17, 15) is 4.79 Å². The summed E-state index contributed by atoms with van der Waals surface area (Å²) in [5, 5.41) is 15.4. The minimum absolute atomic E-state index is 0.0130. The van der Waals surface area contributed by atoms with Crippen LogP contribution >= 0.6 is 0 Å². The zero-order valence-electron chi connectivity index (χ0n) is 19.4. The number of aromatic nitrogens is 3. The molecule has 0 bridgehead atoms. The molecule has 1 saturated carbocycles. The Morgan fingerprint density at radius 2 is 1.97 bits per heavy atom. The molecule has 1 atom stereocenters. The van der Waals surface area contributed by atoms with Crippen molar-refractivity contribution in [3.63, 3.8) is 0 Å². The Morgan fingerprint density at radius 1 is 1.23 bits per heavy atom. The molecule has 0 spiro atoms. The summed E-state index contributed by atoms with van der Waals surface area (Å²) in [5.74, 6) is 1.94. The molecule has 1 heterocycles. The van der Waals surface area contributed by atoms with Crippen molar-refractivity contribution in [1.29, 1.82) is 0 Å². The van der Waals surface area contributed by atoms with Gasteiger partial charge in [-0.3, -0.25) is 4.79 Å². The van der Waals surface area contributed by atoms with Gasteiger partial charge in [0, 0.05) is 24.6 Å².